The second-order valence-corrected chi connectivity index (χ2v) is 9.93. The van der Waals surface area contributed by atoms with Crippen LogP contribution in [0, 0.1) is 0 Å². The minimum Gasteiger partial charge on any atom is -0.479 e. The summed E-state index contributed by atoms with van der Waals surface area (Å²) in [6.07, 6.45) is 2.43. The van der Waals surface area contributed by atoms with E-state index in [1.807, 2.05) is 95.7 Å². The molecule has 2 heterocycles. The van der Waals surface area contributed by atoms with Gasteiger partial charge in [-0.1, -0.05) is 121 Å². The van der Waals surface area contributed by atoms with Crippen molar-refractivity contribution in [2.45, 2.75) is 12.0 Å². The Morgan fingerprint density at radius 3 is 1.83 bits per heavy atom. The van der Waals surface area contributed by atoms with E-state index in [0.717, 1.165) is 39.6 Å². The third kappa shape index (κ3) is 5.08. The number of fused-ring (bicyclic) bond motifs is 1. The Morgan fingerprint density at radius 1 is 0.786 bits per heavy atom. The lowest BCUT2D eigenvalue weighted by Crippen LogP contribution is -2.38. The topological polar surface area (TPSA) is 81.1 Å². The van der Waals surface area contributed by atoms with Crippen LogP contribution in [0.1, 0.15) is 22.3 Å². The van der Waals surface area contributed by atoms with E-state index >= 15 is 0 Å². The van der Waals surface area contributed by atoms with Crippen molar-refractivity contribution in [2.75, 3.05) is 19.0 Å². The zero-order chi connectivity index (χ0) is 28.8. The van der Waals surface area contributed by atoms with Crippen LogP contribution in [0.25, 0.3) is 10.9 Å². The van der Waals surface area contributed by atoms with E-state index in [0.29, 0.717) is 18.2 Å². The van der Waals surface area contributed by atoms with E-state index in [1.54, 1.807) is 13.3 Å². The molecule has 0 fully saturated rings. The number of aromatic nitrogens is 3. The lowest BCUT2D eigenvalue weighted by Gasteiger charge is -2.36. The molecule has 6 aromatic rings. The zero-order valence-corrected chi connectivity index (χ0v) is 23.3. The smallest absolute Gasteiger partial charge is 0.320 e. The first-order valence-electron chi connectivity index (χ1n) is 13.9. The Labute approximate surface area is 244 Å². The maximum Gasteiger partial charge on any atom is 0.320 e. The third-order valence-corrected chi connectivity index (χ3v) is 7.40. The number of methoxy groups -OCH3 is 1. The summed E-state index contributed by atoms with van der Waals surface area (Å²) in [4.78, 5) is 17.4. The van der Waals surface area contributed by atoms with E-state index < -0.39 is 5.54 Å². The van der Waals surface area contributed by atoms with E-state index in [-0.39, 0.29) is 6.03 Å². The summed E-state index contributed by atoms with van der Waals surface area (Å²) < 4.78 is 7.74. The summed E-state index contributed by atoms with van der Waals surface area (Å²) >= 11 is 0. The lowest BCUT2D eigenvalue weighted by molar-refractivity contribution is 0.252. The van der Waals surface area contributed by atoms with Crippen molar-refractivity contribution in [1.29, 1.82) is 0 Å². The molecule has 0 saturated carbocycles. The number of carbonyl (C=O) groups is 1. The van der Waals surface area contributed by atoms with Crippen LogP contribution in [0.2, 0.25) is 0 Å². The van der Waals surface area contributed by atoms with Gasteiger partial charge in [-0.15, -0.1) is 5.10 Å². The predicted molar refractivity (Wildman–Crippen MR) is 166 cm³/mol. The summed E-state index contributed by atoms with van der Waals surface area (Å²) in [5.41, 5.74) is 4.15. The lowest BCUT2D eigenvalue weighted by atomic mass is 9.77. The SMILES string of the molecule is COc1nn(C(c2ccccc2)(c2ccccc2)c2ccccc2)c2cc(NC(=O)NCCc3ccccc3)ncc12. The molecule has 0 bridgehead atoms. The molecule has 0 spiro atoms. The molecule has 4 aromatic carbocycles. The number of hydrogen-bond acceptors (Lipinski definition) is 4. The first-order valence-corrected chi connectivity index (χ1v) is 13.9. The van der Waals surface area contributed by atoms with Crippen molar-refractivity contribution in [2.24, 2.45) is 0 Å². The number of amides is 2. The molecule has 2 N–H and O–H groups in total. The number of pyridine rings is 1. The number of carbonyl (C=O) groups excluding carboxylic acids is 1. The Hall–Kier alpha value is -5.43. The third-order valence-electron chi connectivity index (χ3n) is 7.40. The van der Waals surface area contributed by atoms with Crippen molar-refractivity contribution < 1.29 is 9.53 Å². The highest BCUT2D eigenvalue weighted by Crippen LogP contribution is 2.43. The van der Waals surface area contributed by atoms with E-state index in [2.05, 4.69) is 52.0 Å². The van der Waals surface area contributed by atoms with Crippen LogP contribution in [0.5, 0.6) is 5.88 Å². The van der Waals surface area contributed by atoms with Crippen LogP contribution >= 0.6 is 0 Å². The molecule has 0 aliphatic rings. The number of anilines is 1. The average Bonchev–Trinajstić information content (AvgIpc) is 3.42. The molecule has 0 atom stereocenters. The van der Waals surface area contributed by atoms with Crippen molar-refractivity contribution in [3.63, 3.8) is 0 Å². The molecule has 208 valence electrons. The molecule has 0 saturated heterocycles. The largest absolute Gasteiger partial charge is 0.479 e. The Bertz CT molecular complexity index is 1680. The van der Waals surface area contributed by atoms with Crippen molar-refractivity contribution >= 4 is 22.8 Å². The molecular formula is C35H31N5O2. The average molecular weight is 554 g/mol. The van der Waals surface area contributed by atoms with Gasteiger partial charge in [0.15, 0.2) is 0 Å². The molecular weight excluding hydrogens is 522 g/mol. The highest BCUT2D eigenvalue weighted by atomic mass is 16.5. The number of ether oxygens (including phenoxy) is 1. The van der Waals surface area contributed by atoms with Crippen LogP contribution in [0.15, 0.2) is 134 Å². The Morgan fingerprint density at radius 2 is 1.31 bits per heavy atom. The maximum absolute atomic E-state index is 12.8. The zero-order valence-electron chi connectivity index (χ0n) is 23.3. The highest BCUT2D eigenvalue weighted by Gasteiger charge is 2.41. The molecule has 7 heteroatoms. The van der Waals surface area contributed by atoms with Gasteiger partial charge in [-0.25, -0.2) is 14.5 Å². The summed E-state index contributed by atoms with van der Waals surface area (Å²) in [6.45, 7) is 0.503. The van der Waals surface area contributed by atoms with Gasteiger partial charge in [-0.05, 0) is 28.7 Å². The fourth-order valence-corrected chi connectivity index (χ4v) is 5.49. The van der Waals surface area contributed by atoms with E-state index in [9.17, 15) is 4.79 Å². The van der Waals surface area contributed by atoms with Crippen LogP contribution in [-0.2, 0) is 12.0 Å². The number of benzene rings is 4. The standard InChI is InChI=1S/C35H31N5O2/c1-42-33-30-25-37-32(38-34(41)36-23-22-26-14-6-2-7-15-26)24-31(30)40(39-33)35(27-16-8-3-9-17-27,28-18-10-4-11-19-28)29-20-12-5-13-21-29/h2-21,24-25H,22-23H2,1H3,(H2,36,37,38,41). The summed E-state index contributed by atoms with van der Waals surface area (Å²) in [7, 11) is 1.60. The molecule has 42 heavy (non-hydrogen) atoms. The molecule has 0 aliphatic heterocycles. The maximum atomic E-state index is 12.8. The normalized spacial score (nSPS) is 11.3. The van der Waals surface area contributed by atoms with Gasteiger partial charge < -0.3 is 10.1 Å². The minimum atomic E-state index is -0.852. The van der Waals surface area contributed by atoms with Gasteiger partial charge in [0.05, 0.1) is 18.0 Å². The summed E-state index contributed by atoms with van der Waals surface area (Å²) in [5.74, 6) is 0.857. The van der Waals surface area contributed by atoms with E-state index in [4.69, 9.17) is 9.84 Å². The molecule has 0 unspecified atom stereocenters. The van der Waals surface area contributed by atoms with Crippen molar-refractivity contribution in [3.8, 4) is 5.88 Å². The van der Waals surface area contributed by atoms with Gasteiger partial charge in [-0.2, -0.15) is 0 Å². The fourth-order valence-electron chi connectivity index (χ4n) is 5.49. The Kier molecular flexibility index (Phi) is 7.64. The number of nitrogens with zero attached hydrogens (tertiary/aromatic N) is 3. The predicted octanol–water partition coefficient (Wildman–Crippen LogP) is 6.64. The summed E-state index contributed by atoms with van der Waals surface area (Å²) in [6, 6.07) is 42.5. The number of rotatable bonds is 9. The number of nitrogens with one attached hydrogen (secondary N) is 2. The minimum absolute atomic E-state index is 0.323. The molecule has 2 amide bonds. The van der Waals surface area contributed by atoms with Gasteiger partial charge in [0.1, 0.15) is 11.4 Å². The van der Waals surface area contributed by atoms with Crippen molar-refractivity contribution in [1.82, 2.24) is 20.1 Å². The number of urea groups is 1. The first kappa shape index (κ1) is 26.8. The fraction of sp³-hybridized carbons (Fsp3) is 0.114. The first-order chi connectivity index (χ1) is 20.7. The van der Waals surface area contributed by atoms with Gasteiger partial charge in [-0.3, -0.25) is 5.32 Å². The van der Waals surface area contributed by atoms with Gasteiger partial charge in [0.25, 0.3) is 0 Å². The summed E-state index contributed by atoms with van der Waals surface area (Å²) in [5, 5.41) is 11.6. The molecule has 6 rings (SSSR count). The number of hydrogen-bond donors (Lipinski definition) is 2. The molecule has 0 radical (unpaired) electrons. The Balaban J connectivity index is 1.46. The van der Waals surface area contributed by atoms with Gasteiger partial charge in [0.2, 0.25) is 5.88 Å². The molecule has 2 aromatic heterocycles. The van der Waals surface area contributed by atoms with Gasteiger partial charge >= 0.3 is 6.03 Å². The van der Waals surface area contributed by atoms with Crippen LogP contribution in [0.4, 0.5) is 10.6 Å². The highest BCUT2D eigenvalue weighted by molar-refractivity contribution is 5.92. The quantitative estimate of drug-likeness (QED) is 0.197. The van der Waals surface area contributed by atoms with Crippen LogP contribution < -0.4 is 15.4 Å². The van der Waals surface area contributed by atoms with Crippen LogP contribution in [0.3, 0.4) is 0 Å². The van der Waals surface area contributed by atoms with Crippen LogP contribution in [-0.4, -0.2) is 34.5 Å². The molecule has 0 aliphatic carbocycles. The second kappa shape index (κ2) is 12.0. The van der Waals surface area contributed by atoms with Crippen molar-refractivity contribution in [3.05, 3.63) is 156 Å². The van der Waals surface area contributed by atoms with Gasteiger partial charge in [0, 0.05) is 18.8 Å². The second-order valence-electron chi connectivity index (χ2n) is 9.93. The van der Waals surface area contributed by atoms with E-state index in [1.165, 1.54) is 0 Å². The monoisotopic (exact) mass is 553 g/mol. The molecule has 7 nitrogen and oxygen atoms in total.